The van der Waals surface area contributed by atoms with Crippen molar-refractivity contribution in [1.29, 1.82) is 0 Å². The Morgan fingerprint density at radius 1 is 0.619 bits per heavy atom. The Kier molecular flexibility index (Phi) is 10.5. The number of Topliss-reactive ketones (excluding diaryl/α,β-unsaturated/α-hetero) is 2. The molecule has 0 fully saturated rings. The lowest BCUT2D eigenvalue weighted by Crippen LogP contribution is -2.31. The molecule has 1 aliphatic carbocycles. The molecule has 0 spiro atoms. The first-order valence-electron chi connectivity index (χ1n) is 13.5. The fourth-order valence-corrected chi connectivity index (χ4v) is 4.74. The molecule has 10 heteroatoms. The van der Waals surface area contributed by atoms with Gasteiger partial charge in [-0.3, -0.25) is 19.2 Å². The Balaban J connectivity index is 2.09. The maximum absolute atomic E-state index is 13.7. The lowest BCUT2D eigenvalue weighted by atomic mass is 9.76. The van der Waals surface area contributed by atoms with Crippen LogP contribution in [0, 0.1) is 0 Å². The van der Waals surface area contributed by atoms with E-state index in [0.29, 0.717) is 22.6 Å². The maximum atomic E-state index is 13.7. The van der Waals surface area contributed by atoms with E-state index in [2.05, 4.69) is 0 Å². The van der Waals surface area contributed by atoms with Gasteiger partial charge in [0.25, 0.3) is 0 Å². The van der Waals surface area contributed by atoms with Crippen LogP contribution in [0.1, 0.15) is 63.5 Å². The number of carbonyl (C=O) groups excluding carboxylic acids is 4. The molecular weight excluding hydrogens is 544 g/mol. The van der Waals surface area contributed by atoms with Crippen molar-refractivity contribution in [2.45, 2.75) is 64.6 Å². The monoisotopic (exact) mass is 580 g/mol. The molecule has 2 atom stereocenters. The molecule has 2 N–H and O–H groups in total. The van der Waals surface area contributed by atoms with Crippen molar-refractivity contribution in [2.24, 2.45) is 0 Å². The summed E-state index contributed by atoms with van der Waals surface area (Å²) in [5.74, 6) is -6.55. The zero-order chi connectivity index (χ0) is 31.1. The normalized spacial score (nSPS) is 15.1. The van der Waals surface area contributed by atoms with Gasteiger partial charge >= 0.3 is 11.9 Å². The van der Waals surface area contributed by atoms with E-state index in [-0.39, 0.29) is 12.2 Å². The summed E-state index contributed by atoms with van der Waals surface area (Å²) in [6, 6.07) is 12.9. The number of allylic oxidation sites excluding steroid dienone is 2. The predicted molar refractivity (Wildman–Crippen MR) is 152 cm³/mol. The van der Waals surface area contributed by atoms with Crippen LogP contribution < -0.4 is 9.47 Å². The largest absolute Gasteiger partial charge is 0.504 e. The molecule has 0 saturated carbocycles. The fourth-order valence-electron chi connectivity index (χ4n) is 4.74. The van der Waals surface area contributed by atoms with Crippen LogP contribution in [0.15, 0.2) is 71.2 Å². The lowest BCUT2D eigenvalue weighted by molar-refractivity contribution is -0.142. The molecule has 10 nitrogen and oxygen atoms in total. The van der Waals surface area contributed by atoms with E-state index < -0.39 is 70.8 Å². The number of methoxy groups -OCH3 is 2. The van der Waals surface area contributed by atoms with E-state index in [9.17, 15) is 29.4 Å². The number of esters is 2. The minimum atomic E-state index is -1.13. The Morgan fingerprint density at radius 2 is 0.929 bits per heavy atom. The van der Waals surface area contributed by atoms with Crippen LogP contribution in [0.4, 0.5) is 0 Å². The first-order valence-corrected chi connectivity index (χ1v) is 13.5. The Bertz CT molecular complexity index is 1270. The van der Waals surface area contributed by atoms with Crippen LogP contribution in [-0.2, 0) is 28.7 Å². The minimum absolute atomic E-state index is 0.0941. The van der Waals surface area contributed by atoms with Crippen LogP contribution in [0.5, 0.6) is 11.5 Å². The van der Waals surface area contributed by atoms with Gasteiger partial charge in [-0.15, -0.1) is 0 Å². The highest BCUT2D eigenvalue weighted by molar-refractivity contribution is 6.24. The third-order valence-corrected chi connectivity index (χ3v) is 6.63. The van der Waals surface area contributed by atoms with E-state index in [1.807, 2.05) is 27.7 Å². The van der Waals surface area contributed by atoms with Gasteiger partial charge in [-0.25, -0.2) is 0 Å². The number of ketones is 2. The minimum Gasteiger partial charge on any atom is -0.504 e. The summed E-state index contributed by atoms with van der Waals surface area (Å²) >= 11 is 0. The number of rotatable bonds is 12. The fraction of sp³-hybridized carbons (Fsp3) is 0.375. The average molecular weight is 581 g/mol. The van der Waals surface area contributed by atoms with Gasteiger partial charge in [0.2, 0.25) is 11.6 Å². The molecule has 0 bridgehead atoms. The number of hydrogen-bond acceptors (Lipinski definition) is 10. The van der Waals surface area contributed by atoms with E-state index in [0.717, 1.165) is 0 Å². The van der Waals surface area contributed by atoms with Crippen LogP contribution in [0.2, 0.25) is 0 Å². The number of benzene rings is 2. The highest BCUT2D eigenvalue weighted by Gasteiger charge is 2.43. The second-order valence-electron chi connectivity index (χ2n) is 10.3. The second-order valence-corrected chi connectivity index (χ2v) is 10.3. The molecule has 0 saturated heterocycles. The second kappa shape index (κ2) is 13.8. The van der Waals surface area contributed by atoms with Gasteiger partial charge in [0.15, 0.2) is 11.5 Å². The van der Waals surface area contributed by atoms with E-state index in [4.69, 9.17) is 18.9 Å². The summed E-state index contributed by atoms with van der Waals surface area (Å²) in [7, 11) is 2.34. The van der Waals surface area contributed by atoms with Crippen molar-refractivity contribution in [2.75, 3.05) is 14.2 Å². The van der Waals surface area contributed by atoms with Crippen LogP contribution in [0.25, 0.3) is 0 Å². The van der Waals surface area contributed by atoms with Gasteiger partial charge in [0.05, 0.1) is 50.4 Å². The molecule has 2 aromatic rings. The number of aliphatic hydroxyl groups excluding tert-OH is 2. The van der Waals surface area contributed by atoms with Gasteiger partial charge in [0.1, 0.15) is 11.5 Å². The summed E-state index contributed by atoms with van der Waals surface area (Å²) in [6.45, 7) is 7.43. The first-order chi connectivity index (χ1) is 19.9. The SMILES string of the molecule is COC(=O)C[C@H](C1=C(O)C(=O)C([C@@H](CC(=O)OC)c2ccc(OC(C)C)cc2)=C(O)C1=O)c1ccc(OC(C)C)cc1. The third-order valence-electron chi connectivity index (χ3n) is 6.63. The van der Waals surface area contributed by atoms with Gasteiger partial charge in [-0.1, -0.05) is 24.3 Å². The average Bonchev–Trinajstić information content (AvgIpc) is 2.95. The Morgan fingerprint density at radius 3 is 1.19 bits per heavy atom. The van der Waals surface area contributed by atoms with Crippen molar-refractivity contribution in [3.63, 3.8) is 0 Å². The zero-order valence-electron chi connectivity index (χ0n) is 24.5. The van der Waals surface area contributed by atoms with Gasteiger partial charge in [-0.2, -0.15) is 0 Å². The van der Waals surface area contributed by atoms with Crippen LogP contribution >= 0.6 is 0 Å². The van der Waals surface area contributed by atoms with Crippen molar-refractivity contribution in [3.8, 4) is 11.5 Å². The summed E-state index contributed by atoms with van der Waals surface area (Å²) in [5.41, 5.74) is -0.104. The number of ether oxygens (including phenoxy) is 4. The van der Waals surface area contributed by atoms with Crippen molar-refractivity contribution in [3.05, 3.63) is 82.3 Å². The molecule has 0 aromatic heterocycles. The molecule has 0 heterocycles. The highest BCUT2D eigenvalue weighted by atomic mass is 16.5. The highest BCUT2D eigenvalue weighted by Crippen LogP contribution is 2.41. The van der Waals surface area contributed by atoms with Crippen molar-refractivity contribution >= 4 is 23.5 Å². The molecule has 0 radical (unpaired) electrons. The molecule has 0 aliphatic heterocycles. The lowest BCUT2D eigenvalue weighted by Gasteiger charge is -2.27. The Labute approximate surface area is 244 Å². The number of aliphatic hydroxyl groups is 2. The van der Waals surface area contributed by atoms with Gasteiger partial charge in [-0.05, 0) is 63.1 Å². The predicted octanol–water partition coefficient (Wildman–Crippen LogP) is 5.03. The summed E-state index contributed by atoms with van der Waals surface area (Å²) in [5, 5.41) is 22.3. The molecule has 3 rings (SSSR count). The summed E-state index contributed by atoms with van der Waals surface area (Å²) in [6.07, 6.45) is -0.984. The third kappa shape index (κ3) is 7.37. The molecule has 42 heavy (non-hydrogen) atoms. The summed E-state index contributed by atoms with van der Waals surface area (Å²) < 4.78 is 20.9. The molecule has 0 unspecified atom stereocenters. The molecule has 2 aromatic carbocycles. The van der Waals surface area contributed by atoms with E-state index in [1.54, 1.807) is 48.5 Å². The smallest absolute Gasteiger partial charge is 0.306 e. The van der Waals surface area contributed by atoms with Crippen LogP contribution in [0.3, 0.4) is 0 Å². The molecule has 0 amide bonds. The quantitative estimate of drug-likeness (QED) is 0.259. The number of carbonyl (C=O) groups is 4. The summed E-state index contributed by atoms with van der Waals surface area (Å²) in [4.78, 5) is 52.0. The molecule has 1 aliphatic rings. The standard InChI is InChI=1S/C32H36O10/c1-17(2)41-21-11-7-19(8-12-21)23(15-25(33)39-5)27-29(35)31(37)28(32(38)30(27)36)24(16-26(34)40-6)20-9-13-22(14-10-20)42-18(3)4/h7-14,17-18,23-24,35,38H,15-16H2,1-6H3/t23-,24-/m0/s1. The first kappa shape index (κ1) is 31.9. The van der Waals surface area contributed by atoms with Crippen LogP contribution in [-0.4, -0.2) is 60.1 Å². The van der Waals surface area contributed by atoms with Crippen molar-refractivity contribution in [1.82, 2.24) is 0 Å². The van der Waals surface area contributed by atoms with Gasteiger partial charge < -0.3 is 29.2 Å². The van der Waals surface area contributed by atoms with Gasteiger partial charge in [0, 0.05) is 11.8 Å². The maximum Gasteiger partial charge on any atom is 0.306 e. The van der Waals surface area contributed by atoms with E-state index >= 15 is 0 Å². The van der Waals surface area contributed by atoms with Crippen molar-refractivity contribution < 1.29 is 48.3 Å². The Hall–Kier alpha value is -4.60. The molecular formula is C32H36O10. The van der Waals surface area contributed by atoms with E-state index in [1.165, 1.54) is 14.2 Å². The molecule has 224 valence electrons. The zero-order valence-corrected chi connectivity index (χ0v) is 24.5. The number of hydrogen-bond donors (Lipinski definition) is 2. The topological polar surface area (TPSA) is 146 Å².